The van der Waals surface area contributed by atoms with Crippen LogP contribution in [0.2, 0.25) is 5.02 Å². The van der Waals surface area contributed by atoms with Crippen LogP contribution in [-0.2, 0) is 19.7 Å². The summed E-state index contributed by atoms with van der Waals surface area (Å²) in [5.41, 5.74) is 2.31. The zero-order chi connectivity index (χ0) is 26.2. The second-order valence-corrected chi connectivity index (χ2v) is 12.9. The molecule has 0 radical (unpaired) electrons. The summed E-state index contributed by atoms with van der Waals surface area (Å²) < 4.78 is 7.44. The molecular formula is C27H31ClN4O3S2. The highest BCUT2D eigenvalue weighted by molar-refractivity contribution is 8.00. The van der Waals surface area contributed by atoms with Gasteiger partial charge in [0, 0.05) is 34.0 Å². The highest BCUT2D eigenvalue weighted by Crippen LogP contribution is 2.49. The lowest BCUT2D eigenvalue weighted by Gasteiger charge is -2.24. The Hall–Kier alpha value is -2.33. The van der Waals surface area contributed by atoms with Gasteiger partial charge >= 0.3 is 0 Å². The van der Waals surface area contributed by atoms with Gasteiger partial charge < -0.3 is 10.1 Å². The van der Waals surface area contributed by atoms with Crippen LogP contribution in [-0.4, -0.2) is 53.1 Å². The summed E-state index contributed by atoms with van der Waals surface area (Å²) in [6, 6.07) is 11.6. The van der Waals surface area contributed by atoms with Gasteiger partial charge in [-0.05, 0) is 42.5 Å². The highest BCUT2D eigenvalue weighted by atomic mass is 35.5. The van der Waals surface area contributed by atoms with Gasteiger partial charge in [0.2, 0.25) is 11.8 Å². The predicted octanol–water partition coefficient (Wildman–Crippen LogP) is 5.35. The highest BCUT2D eigenvalue weighted by Gasteiger charge is 2.40. The van der Waals surface area contributed by atoms with Crippen LogP contribution < -0.4 is 10.2 Å². The Balaban J connectivity index is 1.63. The third kappa shape index (κ3) is 5.60. The molecular weight excluding hydrogens is 528 g/mol. The molecule has 37 heavy (non-hydrogen) atoms. The zero-order valence-electron chi connectivity index (χ0n) is 21.2. The van der Waals surface area contributed by atoms with Crippen LogP contribution in [0.3, 0.4) is 0 Å². The van der Waals surface area contributed by atoms with Crippen LogP contribution in [0.15, 0.2) is 41.8 Å². The number of aromatic nitrogens is 2. The quantitative estimate of drug-likeness (QED) is 0.441. The predicted molar refractivity (Wildman–Crippen MR) is 150 cm³/mol. The number of halogens is 1. The van der Waals surface area contributed by atoms with Crippen molar-refractivity contribution in [2.45, 2.75) is 50.4 Å². The van der Waals surface area contributed by atoms with Gasteiger partial charge in [0.1, 0.15) is 12.4 Å². The van der Waals surface area contributed by atoms with Crippen molar-refractivity contribution < 1.29 is 14.3 Å². The van der Waals surface area contributed by atoms with E-state index in [4.69, 9.17) is 21.4 Å². The van der Waals surface area contributed by atoms with E-state index in [9.17, 15) is 9.59 Å². The Morgan fingerprint density at radius 2 is 2.11 bits per heavy atom. The fourth-order valence-corrected chi connectivity index (χ4v) is 7.12. The van der Waals surface area contributed by atoms with E-state index in [1.54, 1.807) is 32.7 Å². The number of thiophene rings is 1. The lowest BCUT2D eigenvalue weighted by Crippen LogP contribution is -2.44. The molecule has 0 unspecified atom stereocenters. The lowest BCUT2D eigenvalue weighted by atomic mass is 9.88. The molecule has 3 aromatic rings. The number of hydrogen-bond donors (Lipinski definition) is 1. The minimum atomic E-state index is -0.300. The number of carbonyl (C=O) groups excluding carboxylic acids is 2. The van der Waals surface area contributed by atoms with Crippen molar-refractivity contribution in [3.63, 3.8) is 0 Å². The Kier molecular flexibility index (Phi) is 7.68. The van der Waals surface area contributed by atoms with E-state index in [2.05, 4.69) is 37.5 Å². The van der Waals surface area contributed by atoms with Crippen molar-refractivity contribution in [1.82, 2.24) is 15.1 Å². The molecule has 1 aromatic carbocycles. The van der Waals surface area contributed by atoms with Gasteiger partial charge in [0.05, 0.1) is 28.5 Å². The summed E-state index contributed by atoms with van der Waals surface area (Å²) >= 11 is 9.62. The van der Waals surface area contributed by atoms with Crippen molar-refractivity contribution in [2.75, 3.05) is 30.3 Å². The third-order valence-corrected chi connectivity index (χ3v) is 9.06. The third-order valence-electron chi connectivity index (χ3n) is 6.51. The summed E-state index contributed by atoms with van der Waals surface area (Å²) in [6.07, 6.45) is 1.97. The van der Waals surface area contributed by atoms with E-state index >= 15 is 0 Å². The van der Waals surface area contributed by atoms with E-state index in [1.807, 2.05) is 30.3 Å². The van der Waals surface area contributed by atoms with Gasteiger partial charge in [0.15, 0.2) is 0 Å². The first kappa shape index (κ1) is 26.3. The van der Waals surface area contributed by atoms with Gasteiger partial charge in [-0.3, -0.25) is 14.5 Å². The number of anilines is 1. The molecule has 0 spiro atoms. The minimum absolute atomic E-state index is 0.0302. The number of amides is 2. The van der Waals surface area contributed by atoms with E-state index in [1.165, 1.54) is 0 Å². The van der Waals surface area contributed by atoms with E-state index in [0.717, 1.165) is 41.3 Å². The molecule has 2 aliphatic heterocycles. The maximum absolute atomic E-state index is 13.6. The number of nitrogens with one attached hydrogen (secondary N) is 1. The monoisotopic (exact) mass is 558 g/mol. The number of nitrogens with zero attached hydrogens (tertiary/aromatic N) is 3. The standard InChI is InChI=1S/C27H31ClN4O3S2/c1-27(2,3)25-23-24(20-10-6-12-36-20)37-16-22(34)31(15-21(33)29-14-19-9-5-11-35-19)26(23)32(30-25)18-8-4-7-17(28)13-18/h4,6-8,10,12-13,19,24H,5,9,11,14-16H2,1-3H3,(H,29,33)/t19-,24+/m1/s1. The molecule has 5 rings (SSSR count). The van der Waals surface area contributed by atoms with Crippen LogP contribution in [0.1, 0.15) is 55.0 Å². The van der Waals surface area contributed by atoms with Crippen molar-refractivity contribution >= 4 is 52.3 Å². The fraction of sp³-hybridized carbons (Fsp3) is 0.444. The van der Waals surface area contributed by atoms with Gasteiger partial charge in [0.25, 0.3) is 0 Å². The minimum Gasteiger partial charge on any atom is -0.376 e. The fourth-order valence-electron chi connectivity index (χ4n) is 4.76. The Labute approximate surface area is 230 Å². The first-order chi connectivity index (χ1) is 17.7. The first-order valence-corrected chi connectivity index (χ1v) is 14.8. The number of hydrogen-bond acceptors (Lipinski definition) is 6. The number of fused-ring (bicyclic) bond motifs is 1. The normalized spacial score (nSPS) is 20.1. The SMILES string of the molecule is CC(C)(C)c1nn(-c2cccc(Cl)c2)c2c1[C@H](c1cccs1)SCC(=O)N2CC(=O)NC[C@H]1CCCO1. The first-order valence-electron chi connectivity index (χ1n) is 12.5. The molecule has 1 N–H and O–H groups in total. The van der Waals surface area contributed by atoms with Crippen LogP contribution in [0.25, 0.3) is 5.69 Å². The molecule has 1 saturated heterocycles. The number of benzene rings is 1. The summed E-state index contributed by atoms with van der Waals surface area (Å²) in [6.45, 7) is 7.45. The van der Waals surface area contributed by atoms with Crippen molar-refractivity contribution in [3.05, 3.63) is 62.9 Å². The molecule has 7 nitrogen and oxygen atoms in total. The second-order valence-electron chi connectivity index (χ2n) is 10.4. The molecule has 2 aromatic heterocycles. The maximum atomic E-state index is 13.6. The van der Waals surface area contributed by atoms with Crippen LogP contribution in [0.5, 0.6) is 0 Å². The molecule has 196 valence electrons. The Morgan fingerprint density at radius 1 is 1.27 bits per heavy atom. The largest absolute Gasteiger partial charge is 0.376 e. The van der Waals surface area contributed by atoms with Gasteiger partial charge in [-0.15, -0.1) is 23.1 Å². The summed E-state index contributed by atoms with van der Waals surface area (Å²) in [7, 11) is 0. The molecule has 10 heteroatoms. The second kappa shape index (κ2) is 10.8. The molecule has 1 fully saturated rings. The van der Waals surface area contributed by atoms with Crippen molar-refractivity contribution in [2.24, 2.45) is 0 Å². The van der Waals surface area contributed by atoms with Crippen LogP contribution in [0.4, 0.5) is 5.82 Å². The molecule has 2 amide bonds. The van der Waals surface area contributed by atoms with Crippen molar-refractivity contribution in [1.29, 1.82) is 0 Å². The molecule has 0 aliphatic carbocycles. The molecule has 0 saturated carbocycles. The van der Waals surface area contributed by atoms with Gasteiger partial charge in [-0.25, -0.2) is 4.68 Å². The van der Waals surface area contributed by atoms with Gasteiger partial charge in [-0.2, -0.15) is 5.10 Å². The van der Waals surface area contributed by atoms with E-state index < -0.39 is 0 Å². The lowest BCUT2D eigenvalue weighted by molar-refractivity contribution is -0.123. The summed E-state index contributed by atoms with van der Waals surface area (Å²) in [5.74, 6) is 0.551. The Bertz CT molecular complexity index is 1280. The topological polar surface area (TPSA) is 76.5 Å². The number of ether oxygens (including phenoxy) is 1. The molecule has 0 bridgehead atoms. The number of rotatable bonds is 6. The van der Waals surface area contributed by atoms with Crippen LogP contribution >= 0.6 is 34.7 Å². The average Bonchev–Trinajstić information content (AvgIpc) is 3.61. The summed E-state index contributed by atoms with van der Waals surface area (Å²) in [4.78, 5) is 29.5. The average molecular weight is 559 g/mol. The van der Waals surface area contributed by atoms with Crippen molar-refractivity contribution in [3.8, 4) is 5.69 Å². The van der Waals surface area contributed by atoms with E-state index in [0.29, 0.717) is 17.4 Å². The van der Waals surface area contributed by atoms with Crippen LogP contribution in [0, 0.1) is 0 Å². The molecule has 2 aliphatic rings. The molecule has 4 heterocycles. The van der Waals surface area contributed by atoms with E-state index in [-0.39, 0.29) is 40.9 Å². The Morgan fingerprint density at radius 3 is 2.78 bits per heavy atom. The smallest absolute Gasteiger partial charge is 0.240 e. The summed E-state index contributed by atoms with van der Waals surface area (Å²) in [5, 5.41) is 10.6. The van der Waals surface area contributed by atoms with Gasteiger partial charge in [-0.1, -0.05) is 44.5 Å². The zero-order valence-corrected chi connectivity index (χ0v) is 23.6. The molecule has 2 atom stereocenters. The number of thioether (sulfide) groups is 1. The maximum Gasteiger partial charge on any atom is 0.240 e. The number of carbonyl (C=O) groups is 2.